The highest BCUT2D eigenvalue weighted by Gasteiger charge is 2.29. The number of nitrogens with one attached hydrogen (secondary N) is 1. The number of carbonyl (C=O) groups is 2. The molecule has 1 aliphatic rings. The lowest BCUT2D eigenvalue weighted by molar-refractivity contribution is -0.127. The van der Waals surface area contributed by atoms with Crippen LogP contribution in [0.2, 0.25) is 0 Å². The van der Waals surface area contributed by atoms with Gasteiger partial charge in [0.2, 0.25) is 5.91 Å². The quantitative estimate of drug-likeness (QED) is 0.905. The highest BCUT2D eigenvalue weighted by atomic mass is 32.1. The summed E-state index contributed by atoms with van der Waals surface area (Å²) in [7, 11) is 0. The van der Waals surface area contributed by atoms with E-state index in [0.29, 0.717) is 12.5 Å². The minimum atomic E-state index is -0.0766. The highest BCUT2D eigenvalue weighted by molar-refractivity contribution is 7.12. The van der Waals surface area contributed by atoms with E-state index in [1.807, 2.05) is 22.4 Å². The van der Waals surface area contributed by atoms with Gasteiger partial charge in [-0.3, -0.25) is 9.59 Å². The van der Waals surface area contributed by atoms with E-state index >= 15 is 0 Å². The molecule has 1 aromatic heterocycles. The van der Waals surface area contributed by atoms with Gasteiger partial charge in [0, 0.05) is 19.1 Å². The van der Waals surface area contributed by atoms with Gasteiger partial charge in [-0.05, 0) is 43.6 Å². The fraction of sp³-hybridized carbons (Fsp3) is 0.647. The molecule has 1 N–H and O–H groups in total. The number of carbonyl (C=O) groups excluding carboxylic acids is 2. The van der Waals surface area contributed by atoms with Gasteiger partial charge in [0.15, 0.2) is 0 Å². The third-order valence-corrected chi connectivity index (χ3v) is 4.88. The molecule has 22 heavy (non-hydrogen) atoms. The zero-order valence-electron chi connectivity index (χ0n) is 13.7. The number of nitrogens with zero attached hydrogens (tertiary/aromatic N) is 1. The normalized spacial score (nSPS) is 20.0. The number of hydrogen-bond acceptors (Lipinski definition) is 3. The second-order valence-corrected chi connectivity index (χ2v) is 7.55. The third kappa shape index (κ3) is 4.57. The molecule has 0 aromatic carbocycles. The Morgan fingerprint density at radius 2 is 2.18 bits per heavy atom. The van der Waals surface area contributed by atoms with E-state index < -0.39 is 0 Å². The van der Waals surface area contributed by atoms with Crippen LogP contribution < -0.4 is 5.32 Å². The maximum atomic E-state index is 12.4. The standard InChI is InChI=1S/C17H26N2O2S/c1-12(2)10-13(3)18-16(20)14-6-4-8-19(11-14)17(21)15-7-5-9-22-15/h5,7,9,12-14H,4,6,8,10-11H2,1-3H3,(H,18,20)/t13-,14-/m1/s1. The van der Waals surface area contributed by atoms with Crippen molar-refractivity contribution in [2.45, 2.75) is 46.1 Å². The van der Waals surface area contributed by atoms with Crippen molar-refractivity contribution in [3.63, 3.8) is 0 Å². The molecule has 0 unspecified atom stereocenters. The van der Waals surface area contributed by atoms with Crippen molar-refractivity contribution in [3.05, 3.63) is 22.4 Å². The number of thiophene rings is 1. The van der Waals surface area contributed by atoms with Crippen LogP contribution in [0.15, 0.2) is 17.5 Å². The molecule has 2 heterocycles. The molecule has 0 saturated carbocycles. The lowest BCUT2D eigenvalue weighted by Crippen LogP contribution is -2.47. The first kappa shape index (κ1) is 17.0. The smallest absolute Gasteiger partial charge is 0.263 e. The average Bonchev–Trinajstić information content (AvgIpc) is 2.99. The van der Waals surface area contributed by atoms with Gasteiger partial charge < -0.3 is 10.2 Å². The Morgan fingerprint density at radius 1 is 1.41 bits per heavy atom. The van der Waals surface area contributed by atoms with Crippen molar-refractivity contribution >= 4 is 23.2 Å². The molecule has 5 heteroatoms. The average molecular weight is 322 g/mol. The molecule has 1 aliphatic heterocycles. The summed E-state index contributed by atoms with van der Waals surface area (Å²) in [5, 5.41) is 5.01. The van der Waals surface area contributed by atoms with E-state index in [-0.39, 0.29) is 23.8 Å². The van der Waals surface area contributed by atoms with Crippen molar-refractivity contribution in [2.75, 3.05) is 13.1 Å². The maximum absolute atomic E-state index is 12.4. The van der Waals surface area contributed by atoms with Gasteiger partial charge in [-0.15, -0.1) is 11.3 Å². The Kier molecular flexibility index (Phi) is 6.00. The molecule has 2 rings (SSSR count). The molecular formula is C17H26N2O2S. The maximum Gasteiger partial charge on any atom is 0.263 e. The fourth-order valence-corrected chi connectivity index (χ4v) is 3.75. The van der Waals surface area contributed by atoms with Gasteiger partial charge in [-0.25, -0.2) is 0 Å². The van der Waals surface area contributed by atoms with E-state index in [4.69, 9.17) is 0 Å². The van der Waals surface area contributed by atoms with Crippen molar-refractivity contribution in [2.24, 2.45) is 11.8 Å². The van der Waals surface area contributed by atoms with Crippen LogP contribution >= 0.6 is 11.3 Å². The Morgan fingerprint density at radius 3 is 2.82 bits per heavy atom. The third-order valence-electron chi connectivity index (χ3n) is 4.02. The summed E-state index contributed by atoms with van der Waals surface area (Å²) in [6, 6.07) is 3.93. The summed E-state index contributed by atoms with van der Waals surface area (Å²) in [6.45, 7) is 7.66. The van der Waals surface area contributed by atoms with Crippen molar-refractivity contribution in [1.29, 1.82) is 0 Å². The molecule has 122 valence electrons. The van der Waals surface area contributed by atoms with Crippen LogP contribution in [0.25, 0.3) is 0 Å². The summed E-state index contributed by atoms with van der Waals surface area (Å²) in [5.41, 5.74) is 0. The molecule has 0 bridgehead atoms. The predicted molar refractivity (Wildman–Crippen MR) is 90.0 cm³/mol. The lowest BCUT2D eigenvalue weighted by Gasteiger charge is -2.32. The minimum absolute atomic E-state index is 0.0581. The molecule has 2 amide bonds. The summed E-state index contributed by atoms with van der Waals surface area (Å²) in [4.78, 5) is 27.4. The van der Waals surface area contributed by atoms with E-state index in [0.717, 1.165) is 30.7 Å². The van der Waals surface area contributed by atoms with E-state index in [1.54, 1.807) is 0 Å². The van der Waals surface area contributed by atoms with E-state index in [9.17, 15) is 9.59 Å². The second-order valence-electron chi connectivity index (χ2n) is 6.61. The van der Waals surface area contributed by atoms with E-state index in [2.05, 4.69) is 26.1 Å². The molecule has 4 nitrogen and oxygen atoms in total. The van der Waals surface area contributed by atoms with Crippen LogP contribution in [0.4, 0.5) is 0 Å². The molecule has 0 radical (unpaired) electrons. The molecule has 0 spiro atoms. The molecule has 2 atom stereocenters. The molecule has 1 saturated heterocycles. The van der Waals surface area contributed by atoms with Crippen LogP contribution in [0, 0.1) is 11.8 Å². The fourth-order valence-electron chi connectivity index (χ4n) is 3.06. The highest BCUT2D eigenvalue weighted by Crippen LogP contribution is 2.21. The number of piperidine rings is 1. The largest absolute Gasteiger partial charge is 0.353 e. The summed E-state index contributed by atoms with van der Waals surface area (Å²) in [6.07, 6.45) is 2.75. The van der Waals surface area contributed by atoms with Gasteiger partial charge in [0.25, 0.3) is 5.91 Å². The van der Waals surface area contributed by atoms with Crippen molar-refractivity contribution < 1.29 is 9.59 Å². The van der Waals surface area contributed by atoms with Gasteiger partial charge >= 0.3 is 0 Å². The monoisotopic (exact) mass is 322 g/mol. The Balaban J connectivity index is 1.90. The number of amides is 2. The van der Waals surface area contributed by atoms with Gasteiger partial charge in [-0.2, -0.15) is 0 Å². The first-order valence-electron chi connectivity index (χ1n) is 8.10. The lowest BCUT2D eigenvalue weighted by atomic mass is 9.96. The van der Waals surface area contributed by atoms with Crippen LogP contribution in [0.3, 0.4) is 0 Å². The Hall–Kier alpha value is -1.36. The summed E-state index contributed by atoms with van der Waals surface area (Å²) >= 11 is 1.46. The molecule has 0 aliphatic carbocycles. The van der Waals surface area contributed by atoms with Crippen molar-refractivity contribution in [3.8, 4) is 0 Å². The van der Waals surface area contributed by atoms with Crippen molar-refractivity contribution in [1.82, 2.24) is 10.2 Å². The Labute approximate surface area is 136 Å². The predicted octanol–water partition coefficient (Wildman–Crippen LogP) is 3.15. The number of likely N-dealkylation sites (tertiary alicyclic amines) is 1. The zero-order chi connectivity index (χ0) is 16.1. The van der Waals surface area contributed by atoms with Gasteiger partial charge in [-0.1, -0.05) is 19.9 Å². The Bertz CT molecular complexity index is 499. The van der Waals surface area contributed by atoms with Crippen LogP contribution in [-0.4, -0.2) is 35.8 Å². The topological polar surface area (TPSA) is 49.4 Å². The van der Waals surface area contributed by atoms with Gasteiger partial charge in [0.05, 0.1) is 10.8 Å². The SMILES string of the molecule is CC(C)C[C@@H](C)NC(=O)[C@@H]1CCCN(C(=O)c2cccs2)C1. The number of rotatable bonds is 5. The molecule has 1 aromatic rings. The van der Waals surface area contributed by atoms with Crippen LogP contribution in [0.1, 0.15) is 49.7 Å². The van der Waals surface area contributed by atoms with Gasteiger partial charge in [0.1, 0.15) is 0 Å². The molecule has 1 fully saturated rings. The van der Waals surface area contributed by atoms with Crippen LogP contribution in [0.5, 0.6) is 0 Å². The zero-order valence-corrected chi connectivity index (χ0v) is 14.5. The summed E-state index contributed by atoms with van der Waals surface area (Å²) < 4.78 is 0. The molecular weight excluding hydrogens is 296 g/mol. The number of hydrogen-bond donors (Lipinski definition) is 1. The first-order chi connectivity index (χ1) is 10.5. The van der Waals surface area contributed by atoms with Crippen LogP contribution in [-0.2, 0) is 4.79 Å². The second kappa shape index (κ2) is 7.77. The first-order valence-corrected chi connectivity index (χ1v) is 8.98. The minimum Gasteiger partial charge on any atom is -0.353 e. The summed E-state index contributed by atoms with van der Waals surface area (Å²) in [5.74, 6) is 0.644. The van der Waals surface area contributed by atoms with E-state index in [1.165, 1.54) is 11.3 Å².